The third kappa shape index (κ3) is 1.91. The summed E-state index contributed by atoms with van der Waals surface area (Å²) in [6.45, 7) is 9.35. The van der Waals surface area contributed by atoms with E-state index in [0.29, 0.717) is 6.42 Å². The molecule has 0 unspecified atom stereocenters. The van der Waals surface area contributed by atoms with Crippen LogP contribution in [0.25, 0.3) is 0 Å². The molecule has 1 N–H and O–H groups in total. The zero-order chi connectivity index (χ0) is 14.5. The van der Waals surface area contributed by atoms with Crippen LogP contribution in [0.2, 0.25) is 0 Å². The van der Waals surface area contributed by atoms with E-state index in [1.54, 1.807) is 6.92 Å². The average Bonchev–Trinajstić information content (AvgIpc) is 2.58. The Bertz CT molecular complexity index is 499. The molecule has 0 aromatic carbocycles. The van der Waals surface area contributed by atoms with Gasteiger partial charge in [-0.3, -0.25) is 9.69 Å². The van der Waals surface area contributed by atoms with Gasteiger partial charge in [0.05, 0.1) is 17.7 Å². The molecule has 2 heterocycles. The number of amides is 3. The molecule has 0 aromatic rings. The predicted octanol–water partition coefficient (Wildman–Crippen LogP) is 1.28. The lowest BCUT2D eigenvalue weighted by molar-refractivity contribution is -0.138. The largest absolute Gasteiger partial charge is 0.367 e. The Morgan fingerprint density at radius 1 is 1.32 bits per heavy atom. The SMILES string of the molecule is CC#CCN1C(=O)N[C@]2(CC(C)(C)OC2(C)C)C1=O. The maximum Gasteiger partial charge on any atom is 0.325 e. The summed E-state index contributed by atoms with van der Waals surface area (Å²) in [6.07, 6.45) is 0.466. The van der Waals surface area contributed by atoms with Crippen molar-refractivity contribution in [2.75, 3.05) is 6.54 Å². The van der Waals surface area contributed by atoms with Gasteiger partial charge in [0.25, 0.3) is 5.91 Å². The second-order valence-electron chi connectivity index (χ2n) is 6.20. The minimum absolute atomic E-state index is 0.124. The summed E-state index contributed by atoms with van der Waals surface area (Å²) in [5.41, 5.74) is -2.17. The van der Waals surface area contributed by atoms with E-state index in [1.165, 1.54) is 4.90 Å². The van der Waals surface area contributed by atoms with Crippen LogP contribution >= 0.6 is 0 Å². The number of nitrogens with zero attached hydrogens (tertiary/aromatic N) is 1. The number of rotatable bonds is 1. The molecule has 1 spiro atoms. The molecule has 0 aromatic heterocycles. The van der Waals surface area contributed by atoms with Crippen molar-refractivity contribution < 1.29 is 14.3 Å². The van der Waals surface area contributed by atoms with E-state index < -0.39 is 16.7 Å². The minimum atomic E-state index is -0.983. The number of nitrogens with one attached hydrogen (secondary N) is 1. The Morgan fingerprint density at radius 2 is 1.95 bits per heavy atom. The summed E-state index contributed by atoms with van der Waals surface area (Å²) < 4.78 is 5.95. The number of carbonyl (C=O) groups excluding carboxylic acids is 2. The highest BCUT2D eigenvalue weighted by atomic mass is 16.5. The van der Waals surface area contributed by atoms with Crippen molar-refractivity contribution in [3.05, 3.63) is 0 Å². The molecule has 19 heavy (non-hydrogen) atoms. The fourth-order valence-corrected chi connectivity index (χ4v) is 3.12. The maximum absolute atomic E-state index is 12.6. The molecule has 0 radical (unpaired) electrons. The average molecular weight is 264 g/mol. The van der Waals surface area contributed by atoms with Crippen molar-refractivity contribution in [1.29, 1.82) is 0 Å². The number of imide groups is 1. The summed E-state index contributed by atoms with van der Waals surface area (Å²) in [5, 5.41) is 2.83. The van der Waals surface area contributed by atoms with Crippen molar-refractivity contribution in [3.63, 3.8) is 0 Å². The smallest absolute Gasteiger partial charge is 0.325 e. The first-order valence-electron chi connectivity index (χ1n) is 6.39. The summed E-state index contributed by atoms with van der Waals surface area (Å²) in [7, 11) is 0. The van der Waals surface area contributed by atoms with Gasteiger partial charge in [-0.2, -0.15) is 0 Å². The van der Waals surface area contributed by atoms with Crippen LogP contribution in [0.3, 0.4) is 0 Å². The second-order valence-corrected chi connectivity index (χ2v) is 6.20. The second kappa shape index (κ2) is 3.97. The van der Waals surface area contributed by atoms with E-state index >= 15 is 0 Å². The van der Waals surface area contributed by atoms with E-state index in [0.717, 1.165) is 0 Å². The highest BCUT2D eigenvalue weighted by Crippen LogP contribution is 2.47. The summed E-state index contributed by atoms with van der Waals surface area (Å²) in [4.78, 5) is 25.8. The van der Waals surface area contributed by atoms with Gasteiger partial charge < -0.3 is 10.1 Å². The highest BCUT2D eigenvalue weighted by Gasteiger charge is 2.67. The third-order valence-electron chi connectivity index (χ3n) is 3.84. The van der Waals surface area contributed by atoms with Crippen LogP contribution < -0.4 is 5.32 Å². The summed E-state index contributed by atoms with van der Waals surface area (Å²) in [6, 6.07) is -0.387. The number of hydrogen-bond donors (Lipinski definition) is 1. The van der Waals surface area contributed by atoms with Crippen LogP contribution in [-0.2, 0) is 9.53 Å². The predicted molar refractivity (Wildman–Crippen MR) is 70.3 cm³/mol. The molecular weight excluding hydrogens is 244 g/mol. The molecule has 2 saturated heterocycles. The zero-order valence-corrected chi connectivity index (χ0v) is 12.1. The van der Waals surface area contributed by atoms with E-state index in [2.05, 4.69) is 17.2 Å². The molecule has 3 amide bonds. The molecule has 0 saturated carbocycles. The first-order valence-corrected chi connectivity index (χ1v) is 6.39. The van der Waals surface area contributed by atoms with Crippen LogP contribution in [0.15, 0.2) is 0 Å². The lowest BCUT2D eigenvalue weighted by Crippen LogP contribution is -2.59. The minimum Gasteiger partial charge on any atom is -0.367 e. The molecule has 1 atom stereocenters. The van der Waals surface area contributed by atoms with E-state index in [1.807, 2.05) is 27.7 Å². The Morgan fingerprint density at radius 3 is 2.42 bits per heavy atom. The molecule has 2 aliphatic rings. The highest BCUT2D eigenvalue weighted by molar-refractivity contribution is 6.08. The number of hydrogen-bond acceptors (Lipinski definition) is 3. The van der Waals surface area contributed by atoms with Gasteiger partial charge in [0.2, 0.25) is 0 Å². The van der Waals surface area contributed by atoms with Crippen LogP contribution in [0.4, 0.5) is 4.79 Å². The van der Waals surface area contributed by atoms with E-state index in [-0.39, 0.29) is 18.5 Å². The van der Waals surface area contributed by atoms with Gasteiger partial charge in [0.15, 0.2) is 5.54 Å². The van der Waals surface area contributed by atoms with Gasteiger partial charge in [-0.05, 0) is 34.6 Å². The standard InChI is InChI=1S/C14H20N2O3/c1-6-7-8-16-10(17)14(15-11(16)18)9-12(2,3)19-13(14,4)5/h8-9H2,1-5H3,(H,15,18)/t14-/m1/s1. The third-order valence-corrected chi connectivity index (χ3v) is 3.84. The van der Waals surface area contributed by atoms with Gasteiger partial charge in [-0.25, -0.2) is 4.79 Å². The molecule has 0 aliphatic carbocycles. The van der Waals surface area contributed by atoms with Crippen LogP contribution in [-0.4, -0.2) is 40.1 Å². The van der Waals surface area contributed by atoms with Gasteiger partial charge >= 0.3 is 6.03 Å². The van der Waals surface area contributed by atoms with Crippen LogP contribution in [0, 0.1) is 11.8 Å². The van der Waals surface area contributed by atoms with Gasteiger partial charge in [0, 0.05) is 6.42 Å². The number of carbonyl (C=O) groups is 2. The van der Waals surface area contributed by atoms with E-state index in [9.17, 15) is 9.59 Å². The first-order chi connectivity index (χ1) is 8.65. The molecule has 2 rings (SSSR count). The normalized spacial score (nSPS) is 31.3. The first kappa shape index (κ1) is 13.9. The van der Waals surface area contributed by atoms with Gasteiger partial charge in [-0.1, -0.05) is 5.92 Å². The van der Waals surface area contributed by atoms with Crippen LogP contribution in [0.5, 0.6) is 0 Å². The quantitative estimate of drug-likeness (QED) is 0.573. The molecule has 2 fully saturated rings. The molecule has 0 bridgehead atoms. The van der Waals surface area contributed by atoms with Gasteiger partial charge in [-0.15, -0.1) is 5.92 Å². The van der Waals surface area contributed by atoms with Crippen molar-refractivity contribution in [2.45, 2.75) is 57.8 Å². The zero-order valence-electron chi connectivity index (χ0n) is 12.1. The van der Waals surface area contributed by atoms with E-state index in [4.69, 9.17) is 4.74 Å². The fourth-order valence-electron chi connectivity index (χ4n) is 3.12. The Balaban J connectivity index is 2.38. The molecular formula is C14H20N2O3. The fraction of sp³-hybridized carbons (Fsp3) is 0.714. The number of ether oxygens (including phenoxy) is 1. The van der Waals surface area contributed by atoms with Crippen molar-refractivity contribution in [2.24, 2.45) is 0 Å². The summed E-state index contributed by atoms with van der Waals surface area (Å²) >= 11 is 0. The Hall–Kier alpha value is -1.54. The Kier molecular flexibility index (Phi) is 2.90. The van der Waals surface area contributed by atoms with Crippen molar-refractivity contribution in [3.8, 4) is 11.8 Å². The van der Waals surface area contributed by atoms with Crippen molar-refractivity contribution in [1.82, 2.24) is 10.2 Å². The maximum atomic E-state index is 12.6. The monoisotopic (exact) mass is 264 g/mol. The molecule has 104 valence electrons. The molecule has 5 nitrogen and oxygen atoms in total. The summed E-state index contributed by atoms with van der Waals surface area (Å²) in [5.74, 6) is 5.22. The lowest BCUT2D eigenvalue weighted by Gasteiger charge is -2.33. The van der Waals surface area contributed by atoms with Crippen LogP contribution in [0.1, 0.15) is 41.0 Å². The molecule has 5 heteroatoms. The number of urea groups is 1. The molecule has 2 aliphatic heterocycles. The lowest BCUT2D eigenvalue weighted by atomic mass is 9.79. The Labute approximate surface area is 113 Å². The topological polar surface area (TPSA) is 58.6 Å². The van der Waals surface area contributed by atoms with Crippen molar-refractivity contribution >= 4 is 11.9 Å². The van der Waals surface area contributed by atoms with Gasteiger partial charge in [0.1, 0.15) is 0 Å².